The second-order valence-electron chi connectivity index (χ2n) is 3.85. The number of aromatic nitrogens is 2. The maximum absolute atomic E-state index is 11.0. The van der Waals surface area contributed by atoms with Crippen LogP contribution >= 0.6 is 11.6 Å². The summed E-state index contributed by atoms with van der Waals surface area (Å²) in [5, 5.41) is 9.64. The molecule has 0 atom stereocenters. The number of carboxylic acid groups (broad SMARTS) is 1. The van der Waals surface area contributed by atoms with Crippen molar-refractivity contribution in [1.29, 1.82) is 0 Å². The van der Waals surface area contributed by atoms with Gasteiger partial charge >= 0.3 is 5.97 Å². The van der Waals surface area contributed by atoms with Crippen molar-refractivity contribution in [1.82, 2.24) is 9.55 Å². The van der Waals surface area contributed by atoms with Crippen LogP contribution in [0.1, 0.15) is 23.2 Å². The number of carbonyl (C=O) groups is 1. The lowest BCUT2D eigenvalue weighted by atomic mass is 10.3. The molecule has 5 nitrogen and oxygen atoms in total. The molecule has 0 saturated carbocycles. The van der Waals surface area contributed by atoms with Crippen molar-refractivity contribution in [2.45, 2.75) is 20.1 Å². The van der Waals surface area contributed by atoms with Crippen molar-refractivity contribution in [2.75, 3.05) is 0 Å². The number of imidazole rings is 1. The number of rotatable bonds is 5. The fourth-order valence-electron chi connectivity index (χ4n) is 1.73. The van der Waals surface area contributed by atoms with Gasteiger partial charge < -0.3 is 14.4 Å². The van der Waals surface area contributed by atoms with Crippen molar-refractivity contribution < 1.29 is 14.6 Å². The minimum absolute atomic E-state index is 0.164. The van der Waals surface area contributed by atoms with Gasteiger partial charge in [-0.3, -0.25) is 0 Å². The van der Waals surface area contributed by atoms with Crippen molar-refractivity contribution in [3.8, 4) is 5.75 Å². The normalized spacial score (nSPS) is 10.4. The van der Waals surface area contributed by atoms with Crippen LogP contribution in [0.3, 0.4) is 0 Å². The lowest BCUT2D eigenvalue weighted by Gasteiger charge is -2.09. The van der Waals surface area contributed by atoms with Crippen LogP contribution in [0.15, 0.2) is 30.5 Å². The molecule has 2 aromatic rings. The van der Waals surface area contributed by atoms with Crippen LogP contribution in [-0.2, 0) is 13.2 Å². The molecule has 0 unspecified atom stereocenters. The summed E-state index contributed by atoms with van der Waals surface area (Å²) in [5.41, 5.74) is 0.164. The first-order valence-electron chi connectivity index (χ1n) is 5.78. The van der Waals surface area contributed by atoms with Gasteiger partial charge in [-0.15, -0.1) is 0 Å². The zero-order valence-electron chi connectivity index (χ0n) is 10.3. The molecular formula is C13H13ClN2O3. The second-order valence-corrected chi connectivity index (χ2v) is 4.29. The van der Waals surface area contributed by atoms with Crippen LogP contribution in [-0.4, -0.2) is 20.6 Å². The lowest BCUT2D eigenvalue weighted by Crippen LogP contribution is -2.11. The lowest BCUT2D eigenvalue weighted by molar-refractivity contribution is 0.0684. The molecule has 6 heteroatoms. The number of benzene rings is 1. The molecule has 0 amide bonds. The SMILES string of the molecule is CCn1c(C(=O)O)cnc1COc1ccc(Cl)cc1. The minimum Gasteiger partial charge on any atom is -0.486 e. The number of aromatic carboxylic acids is 1. The highest BCUT2D eigenvalue weighted by atomic mass is 35.5. The predicted octanol–water partition coefficient (Wildman–Crippen LogP) is 2.83. The Morgan fingerprint density at radius 3 is 2.68 bits per heavy atom. The molecular weight excluding hydrogens is 268 g/mol. The smallest absolute Gasteiger partial charge is 0.354 e. The molecule has 0 saturated heterocycles. The van der Waals surface area contributed by atoms with Crippen LogP contribution in [0, 0.1) is 0 Å². The molecule has 1 aromatic carbocycles. The van der Waals surface area contributed by atoms with E-state index in [4.69, 9.17) is 21.4 Å². The van der Waals surface area contributed by atoms with Crippen LogP contribution in [0.4, 0.5) is 0 Å². The average molecular weight is 281 g/mol. The van der Waals surface area contributed by atoms with E-state index in [0.29, 0.717) is 23.1 Å². The van der Waals surface area contributed by atoms with E-state index in [1.165, 1.54) is 6.20 Å². The Kier molecular flexibility index (Phi) is 4.06. The van der Waals surface area contributed by atoms with Crippen molar-refractivity contribution in [3.05, 3.63) is 47.0 Å². The molecule has 100 valence electrons. The van der Waals surface area contributed by atoms with Crippen LogP contribution < -0.4 is 4.74 Å². The summed E-state index contributed by atoms with van der Waals surface area (Å²) in [4.78, 5) is 15.1. The Morgan fingerprint density at radius 1 is 1.42 bits per heavy atom. The zero-order valence-corrected chi connectivity index (χ0v) is 11.1. The number of carboxylic acids is 1. The average Bonchev–Trinajstić information content (AvgIpc) is 2.81. The van der Waals surface area contributed by atoms with E-state index in [-0.39, 0.29) is 12.3 Å². The fraction of sp³-hybridized carbons (Fsp3) is 0.231. The monoisotopic (exact) mass is 280 g/mol. The first kappa shape index (κ1) is 13.4. The van der Waals surface area contributed by atoms with Gasteiger partial charge in [0.25, 0.3) is 0 Å². The van der Waals surface area contributed by atoms with Crippen molar-refractivity contribution in [2.24, 2.45) is 0 Å². The predicted molar refractivity (Wildman–Crippen MR) is 70.6 cm³/mol. The third-order valence-corrected chi connectivity index (χ3v) is 2.91. The number of hydrogen-bond donors (Lipinski definition) is 1. The quantitative estimate of drug-likeness (QED) is 0.915. The molecule has 0 bridgehead atoms. The molecule has 19 heavy (non-hydrogen) atoms. The van der Waals surface area contributed by atoms with Crippen LogP contribution in [0.25, 0.3) is 0 Å². The molecule has 0 aliphatic rings. The summed E-state index contributed by atoms with van der Waals surface area (Å²) in [6.07, 6.45) is 1.34. The van der Waals surface area contributed by atoms with E-state index >= 15 is 0 Å². The van der Waals surface area contributed by atoms with E-state index in [2.05, 4.69) is 4.98 Å². The molecule has 0 spiro atoms. The van der Waals surface area contributed by atoms with Crippen LogP contribution in [0.5, 0.6) is 5.75 Å². The Hall–Kier alpha value is -2.01. The highest BCUT2D eigenvalue weighted by molar-refractivity contribution is 6.30. The number of halogens is 1. The number of ether oxygens (including phenoxy) is 1. The van der Waals surface area contributed by atoms with Crippen molar-refractivity contribution in [3.63, 3.8) is 0 Å². The third kappa shape index (κ3) is 3.06. The van der Waals surface area contributed by atoms with Crippen LogP contribution in [0.2, 0.25) is 5.02 Å². The standard InChI is InChI=1S/C13H13ClN2O3/c1-2-16-11(13(17)18)7-15-12(16)8-19-10-5-3-9(14)4-6-10/h3-7H,2,8H2,1H3,(H,17,18). The number of nitrogens with zero attached hydrogens (tertiary/aromatic N) is 2. The van der Waals surface area contributed by atoms with Gasteiger partial charge in [-0.1, -0.05) is 11.6 Å². The summed E-state index contributed by atoms with van der Waals surface area (Å²) in [7, 11) is 0. The largest absolute Gasteiger partial charge is 0.486 e. The first-order valence-corrected chi connectivity index (χ1v) is 6.15. The van der Waals surface area contributed by atoms with Crippen molar-refractivity contribution >= 4 is 17.6 Å². The maximum Gasteiger partial charge on any atom is 0.354 e. The molecule has 0 radical (unpaired) electrons. The van der Waals surface area contributed by atoms with Gasteiger partial charge in [0.1, 0.15) is 23.9 Å². The van der Waals surface area contributed by atoms with Gasteiger partial charge in [-0.2, -0.15) is 0 Å². The van der Waals surface area contributed by atoms with E-state index in [0.717, 1.165) is 0 Å². The van der Waals surface area contributed by atoms with Gasteiger partial charge in [0.15, 0.2) is 0 Å². The first-order chi connectivity index (χ1) is 9.11. The molecule has 0 aliphatic carbocycles. The van der Waals surface area contributed by atoms with Gasteiger partial charge in [0.05, 0.1) is 6.20 Å². The Morgan fingerprint density at radius 2 is 2.11 bits per heavy atom. The Bertz CT molecular complexity index is 578. The van der Waals surface area contributed by atoms with Gasteiger partial charge in [0.2, 0.25) is 0 Å². The number of hydrogen-bond acceptors (Lipinski definition) is 3. The fourth-order valence-corrected chi connectivity index (χ4v) is 1.86. The van der Waals surface area contributed by atoms with E-state index in [1.807, 2.05) is 6.92 Å². The summed E-state index contributed by atoms with van der Waals surface area (Å²) in [5.74, 6) is 0.244. The highest BCUT2D eigenvalue weighted by Crippen LogP contribution is 2.17. The topological polar surface area (TPSA) is 64.4 Å². The molecule has 1 N–H and O–H groups in total. The third-order valence-electron chi connectivity index (χ3n) is 2.66. The second kappa shape index (κ2) is 5.75. The van der Waals surface area contributed by atoms with Gasteiger partial charge in [-0.25, -0.2) is 9.78 Å². The van der Waals surface area contributed by atoms with E-state index < -0.39 is 5.97 Å². The van der Waals surface area contributed by atoms with E-state index in [9.17, 15) is 4.79 Å². The Balaban J connectivity index is 2.11. The summed E-state index contributed by atoms with van der Waals surface area (Å²) in [6.45, 7) is 2.60. The minimum atomic E-state index is -0.993. The molecule has 1 heterocycles. The van der Waals surface area contributed by atoms with E-state index in [1.54, 1.807) is 28.8 Å². The summed E-state index contributed by atoms with van der Waals surface area (Å²) < 4.78 is 7.16. The molecule has 0 fully saturated rings. The molecule has 2 rings (SSSR count). The Labute approximate surface area is 115 Å². The highest BCUT2D eigenvalue weighted by Gasteiger charge is 2.14. The zero-order chi connectivity index (χ0) is 13.8. The summed E-state index contributed by atoms with van der Waals surface area (Å²) >= 11 is 5.78. The van der Waals surface area contributed by atoms with Gasteiger partial charge in [0, 0.05) is 11.6 Å². The van der Waals surface area contributed by atoms with Gasteiger partial charge in [-0.05, 0) is 31.2 Å². The summed E-state index contributed by atoms with van der Waals surface area (Å²) in [6, 6.07) is 6.96. The molecule has 0 aliphatic heterocycles. The molecule has 1 aromatic heterocycles. The maximum atomic E-state index is 11.0.